The summed E-state index contributed by atoms with van der Waals surface area (Å²) in [6.45, 7) is 5.38. The van der Waals surface area contributed by atoms with E-state index in [1.807, 2.05) is 13.8 Å². The first-order chi connectivity index (χ1) is 10.1. The second-order valence-corrected chi connectivity index (χ2v) is 4.93. The lowest BCUT2D eigenvalue weighted by molar-refractivity contribution is -0.123. The molecule has 1 amide bonds. The van der Waals surface area contributed by atoms with Gasteiger partial charge in [0.1, 0.15) is 5.75 Å². The minimum atomic E-state index is -0.155. The second kappa shape index (κ2) is 7.73. The SMILES string of the molecule is CC(C)OCCCNC(=O)COc1ccc2c(c1)OCO2. The van der Waals surface area contributed by atoms with Gasteiger partial charge in [0.25, 0.3) is 5.91 Å². The van der Waals surface area contributed by atoms with E-state index in [1.165, 1.54) is 0 Å². The molecule has 0 spiro atoms. The summed E-state index contributed by atoms with van der Waals surface area (Å²) in [5.74, 6) is 1.76. The molecular weight excluding hydrogens is 274 g/mol. The third-order valence-corrected chi connectivity index (χ3v) is 2.81. The molecule has 1 aromatic carbocycles. The van der Waals surface area contributed by atoms with Crippen molar-refractivity contribution >= 4 is 5.91 Å². The number of hydrogen-bond donors (Lipinski definition) is 1. The van der Waals surface area contributed by atoms with Crippen LogP contribution in [-0.2, 0) is 9.53 Å². The zero-order valence-corrected chi connectivity index (χ0v) is 12.4. The van der Waals surface area contributed by atoms with E-state index in [1.54, 1.807) is 18.2 Å². The van der Waals surface area contributed by atoms with Gasteiger partial charge in [-0.25, -0.2) is 0 Å². The van der Waals surface area contributed by atoms with E-state index in [9.17, 15) is 4.79 Å². The molecule has 1 heterocycles. The maximum Gasteiger partial charge on any atom is 0.257 e. The van der Waals surface area contributed by atoms with Crippen LogP contribution in [-0.4, -0.2) is 38.6 Å². The zero-order chi connectivity index (χ0) is 15.1. The van der Waals surface area contributed by atoms with E-state index in [0.717, 1.165) is 6.42 Å². The van der Waals surface area contributed by atoms with Crippen LogP contribution < -0.4 is 19.5 Å². The molecule has 6 heteroatoms. The molecule has 0 saturated carbocycles. The number of fused-ring (bicyclic) bond motifs is 1. The fraction of sp³-hybridized carbons (Fsp3) is 0.533. The van der Waals surface area contributed by atoms with Crippen LogP contribution in [0.25, 0.3) is 0 Å². The van der Waals surface area contributed by atoms with E-state index >= 15 is 0 Å². The topological polar surface area (TPSA) is 66.0 Å². The van der Waals surface area contributed by atoms with Crippen LogP contribution in [0.5, 0.6) is 17.2 Å². The molecule has 116 valence electrons. The Morgan fingerprint density at radius 1 is 1.33 bits per heavy atom. The number of hydrogen-bond acceptors (Lipinski definition) is 5. The molecule has 0 unspecified atom stereocenters. The molecule has 0 aromatic heterocycles. The Bertz CT molecular complexity index is 475. The Kier molecular flexibility index (Phi) is 5.68. The fourth-order valence-corrected chi connectivity index (χ4v) is 1.79. The minimum Gasteiger partial charge on any atom is -0.484 e. The van der Waals surface area contributed by atoms with E-state index in [4.69, 9.17) is 18.9 Å². The molecule has 0 aliphatic carbocycles. The number of carbonyl (C=O) groups excluding carboxylic acids is 1. The van der Waals surface area contributed by atoms with Crippen molar-refractivity contribution in [1.29, 1.82) is 0 Å². The zero-order valence-electron chi connectivity index (χ0n) is 12.4. The van der Waals surface area contributed by atoms with Gasteiger partial charge in [-0.15, -0.1) is 0 Å². The Morgan fingerprint density at radius 2 is 2.14 bits per heavy atom. The summed E-state index contributed by atoms with van der Waals surface area (Å²) in [6, 6.07) is 5.22. The van der Waals surface area contributed by atoms with Crippen molar-refractivity contribution in [3.8, 4) is 17.2 Å². The summed E-state index contributed by atoms with van der Waals surface area (Å²) >= 11 is 0. The summed E-state index contributed by atoms with van der Waals surface area (Å²) < 4.78 is 21.2. The maximum atomic E-state index is 11.6. The molecule has 1 aliphatic heterocycles. The lowest BCUT2D eigenvalue weighted by Crippen LogP contribution is -2.30. The van der Waals surface area contributed by atoms with Crippen LogP contribution in [0.1, 0.15) is 20.3 Å². The number of carbonyl (C=O) groups is 1. The highest BCUT2D eigenvalue weighted by Gasteiger charge is 2.14. The van der Waals surface area contributed by atoms with Crippen molar-refractivity contribution in [2.75, 3.05) is 26.6 Å². The van der Waals surface area contributed by atoms with Gasteiger partial charge in [0, 0.05) is 19.2 Å². The van der Waals surface area contributed by atoms with Gasteiger partial charge in [-0.3, -0.25) is 4.79 Å². The van der Waals surface area contributed by atoms with Gasteiger partial charge in [-0.2, -0.15) is 0 Å². The highest BCUT2D eigenvalue weighted by molar-refractivity contribution is 5.77. The van der Waals surface area contributed by atoms with Crippen molar-refractivity contribution in [3.05, 3.63) is 18.2 Å². The third kappa shape index (κ3) is 5.15. The van der Waals surface area contributed by atoms with Crippen LogP contribution >= 0.6 is 0 Å². The molecule has 0 radical (unpaired) electrons. The van der Waals surface area contributed by atoms with Crippen molar-refractivity contribution < 1.29 is 23.7 Å². The van der Waals surface area contributed by atoms with Gasteiger partial charge < -0.3 is 24.3 Å². The monoisotopic (exact) mass is 295 g/mol. The lowest BCUT2D eigenvalue weighted by Gasteiger charge is -2.09. The highest BCUT2D eigenvalue weighted by atomic mass is 16.7. The van der Waals surface area contributed by atoms with Gasteiger partial charge >= 0.3 is 0 Å². The summed E-state index contributed by atoms with van der Waals surface area (Å²) in [5, 5.41) is 2.78. The summed E-state index contributed by atoms with van der Waals surface area (Å²) in [5.41, 5.74) is 0. The molecule has 1 aromatic rings. The Hall–Kier alpha value is -1.95. The minimum absolute atomic E-state index is 0.0231. The average Bonchev–Trinajstić information content (AvgIpc) is 2.92. The van der Waals surface area contributed by atoms with Crippen LogP contribution in [0.3, 0.4) is 0 Å². The molecule has 0 bridgehead atoms. The largest absolute Gasteiger partial charge is 0.484 e. The quantitative estimate of drug-likeness (QED) is 0.740. The predicted octanol–water partition coefficient (Wildman–Crippen LogP) is 1.73. The fourth-order valence-electron chi connectivity index (χ4n) is 1.79. The van der Waals surface area contributed by atoms with Gasteiger partial charge in [-0.1, -0.05) is 0 Å². The molecule has 1 aliphatic rings. The first kappa shape index (κ1) is 15.4. The Labute approximate surface area is 124 Å². The summed E-state index contributed by atoms with van der Waals surface area (Å²) in [4.78, 5) is 11.6. The van der Waals surface area contributed by atoms with Gasteiger partial charge in [0.2, 0.25) is 6.79 Å². The smallest absolute Gasteiger partial charge is 0.257 e. The van der Waals surface area contributed by atoms with Crippen LogP contribution in [0.4, 0.5) is 0 Å². The third-order valence-electron chi connectivity index (χ3n) is 2.81. The molecule has 2 rings (SSSR count). The predicted molar refractivity (Wildman–Crippen MR) is 76.8 cm³/mol. The summed E-state index contributed by atoms with van der Waals surface area (Å²) in [7, 11) is 0. The van der Waals surface area contributed by atoms with Crippen LogP contribution in [0.15, 0.2) is 18.2 Å². The first-order valence-electron chi connectivity index (χ1n) is 7.06. The van der Waals surface area contributed by atoms with Crippen molar-refractivity contribution in [1.82, 2.24) is 5.32 Å². The van der Waals surface area contributed by atoms with Crippen molar-refractivity contribution in [2.45, 2.75) is 26.4 Å². The molecule has 1 N–H and O–H groups in total. The molecule has 21 heavy (non-hydrogen) atoms. The van der Waals surface area contributed by atoms with Crippen molar-refractivity contribution in [3.63, 3.8) is 0 Å². The van der Waals surface area contributed by atoms with Gasteiger partial charge in [-0.05, 0) is 32.4 Å². The average molecular weight is 295 g/mol. The normalized spacial score (nSPS) is 12.5. The van der Waals surface area contributed by atoms with Crippen LogP contribution in [0.2, 0.25) is 0 Å². The second-order valence-electron chi connectivity index (χ2n) is 4.93. The molecular formula is C15H21NO5. The van der Waals surface area contributed by atoms with Crippen LogP contribution in [0, 0.1) is 0 Å². The standard InChI is InChI=1S/C15H21NO5/c1-11(2)18-7-3-6-16-15(17)9-19-12-4-5-13-14(8-12)21-10-20-13/h4-5,8,11H,3,6-7,9-10H2,1-2H3,(H,16,17). The number of amides is 1. The molecule has 0 atom stereocenters. The first-order valence-corrected chi connectivity index (χ1v) is 7.06. The van der Waals surface area contributed by atoms with E-state index < -0.39 is 0 Å². The lowest BCUT2D eigenvalue weighted by atomic mass is 10.3. The van der Waals surface area contributed by atoms with E-state index in [2.05, 4.69) is 5.32 Å². The Morgan fingerprint density at radius 3 is 2.95 bits per heavy atom. The maximum absolute atomic E-state index is 11.6. The van der Waals surface area contributed by atoms with E-state index in [-0.39, 0.29) is 25.4 Å². The number of benzene rings is 1. The Balaban J connectivity index is 1.62. The summed E-state index contributed by atoms with van der Waals surface area (Å²) in [6.07, 6.45) is 1.00. The van der Waals surface area contributed by atoms with Gasteiger partial charge in [0.15, 0.2) is 18.1 Å². The number of ether oxygens (including phenoxy) is 4. The molecule has 0 saturated heterocycles. The van der Waals surface area contributed by atoms with Crippen molar-refractivity contribution in [2.24, 2.45) is 0 Å². The van der Waals surface area contributed by atoms with E-state index in [0.29, 0.717) is 30.4 Å². The van der Waals surface area contributed by atoms with Gasteiger partial charge in [0.05, 0.1) is 6.10 Å². The number of rotatable bonds is 8. The molecule has 6 nitrogen and oxygen atoms in total. The highest BCUT2D eigenvalue weighted by Crippen LogP contribution is 2.34. The number of nitrogens with one attached hydrogen (secondary N) is 1. The molecule has 0 fully saturated rings.